The molecule has 1 unspecified atom stereocenters. The predicted octanol–water partition coefficient (Wildman–Crippen LogP) is 4.07. The Bertz CT molecular complexity index is 235. The van der Waals surface area contributed by atoms with Crippen molar-refractivity contribution in [2.45, 2.75) is 51.1 Å². The number of carbonyl (C=O) groups excluding carboxylic acids is 1. The molecule has 0 aliphatic carbocycles. The Morgan fingerprint density at radius 2 is 1.82 bits per heavy atom. The number of hydrogen-bond donors (Lipinski definition) is 0. The van der Waals surface area contributed by atoms with E-state index in [1.165, 1.54) is 0 Å². The fourth-order valence-electron chi connectivity index (χ4n) is 1.02. The van der Waals surface area contributed by atoms with E-state index in [1.807, 2.05) is 0 Å². The van der Waals surface area contributed by atoms with E-state index >= 15 is 0 Å². The third-order valence-corrected chi connectivity index (χ3v) is 3.10. The molecule has 17 heavy (non-hydrogen) atoms. The number of halogens is 5. The molecule has 1 nitrogen and oxygen atoms in total. The van der Waals surface area contributed by atoms with Gasteiger partial charge in [-0.1, -0.05) is 18.7 Å². The first-order valence-corrected chi connectivity index (χ1v) is 6.22. The zero-order valence-corrected chi connectivity index (χ0v) is 10.2. The molecule has 0 N–H and O–H groups in total. The van der Waals surface area contributed by atoms with E-state index in [0.29, 0.717) is 0 Å². The maximum absolute atomic E-state index is 13.1. The second-order valence-corrected chi connectivity index (χ2v) is 4.72. The standard InChI is InChI=1S/C10H15F5OS/c1-2-8(16)17-6-5-10(14,15)4-3-7(11)9(12)13/h7,9H,2-6H2,1H3. The average molecular weight is 278 g/mol. The van der Waals surface area contributed by atoms with Gasteiger partial charge in [-0.2, -0.15) is 0 Å². The topological polar surface area (TPSA) is 17.1 Å². The third kappa shape index (κ3) is 8.40. The van der Waals surface area contributed by atoms with Crippen LogP contribution < -0.4 is 0 Å². The largest absolute Gasteiger partial charge is 0.287 e. The Labute approximate surface area is 101 Å². The average Bonchev–Trinajstić information content (AvgIpc) is 2.25. The van der Waals surface area contributed by atoms with Gasteiger partial charge in [-0.05, 0) is 6.42 Å². The van der Waals surface area contributed by atoms with Gasteiger partial charge in [-0.25, -0.2) is 22.0 Å². The number of carbonyl (C=O) groups is 1. The van der Waals surface area contributed by atoms with Crippen LogP contribution in [-0.2, 0) is 4.79 Å². The molecule has 0 aromatic rings. The molecule has 102 valence electrons. The predicted molar refractivity (Wildman–Crippen MR) is 57.5 cm³/mol. The summed E-state index contributed by atoms with van der Waals surface area (Å²) in [4.78, 5) is 10.8. The fraction of sp³-hybridized carbons (Fsp3) is 0.900. The molecule has 0 spiro atoms. The molecule has 0 radical (unpaired) electrons. The highest BCUT2D eigenvalue weighted by atomic mass is 32.2. The first-order valence-electron chi connectivity index (χ1n) is 5.24. The van der Waals surface area contributed by atoms with Crippen molar-refractivity contribution in [3.63, 3.8) is 0 Å². The summed E-state index contributed by atoms with van der Waals surface area (Å²) in [6.45, 7) is 1.61. The summed E-state index contributed by atoms with van der Waals surface area (Å²) in [7, 11) is 0. The second kappa shape index (κ2) is 7.89. The molecule has 0 saturated carbocycles. The van der Waals surface area contributed by atoms with Gasteiger partial charge in [-0.15, -0.1) is 0 Å². The number of alkyl halides is 5. The maximum atomic E-state index is 13.1. The zero-order valence-electron chi connectivity index (χ0n) is 9.40. The molecule has 0 aromatic carbocycles. The van der Waals surface area contributed by atoms with Crippen LogP contribution in [0.1, 0.15) is 32.6 Å². The summed E-state index contributed by atoms with van der Waals surface area (Å²) >= 11 is 0.783. The molecule has 0 aliphatic heterocycles. The highest BCUT2D eigenvalue weighted by Crippen LogP contribution is 2.29. The molecule has 0 heterocycles. The Hall–Kier alpha value is -0.330. The van der Waals surface area contributed by atoms with Crippen LogP contribution in [0, 0.1) is 0 Å². The van der Waals surface area contributed by atoms with Crippen molar-refractivity contribution in [2.75, 3.05) is 5.75 Å². The van der Waals surface area contributed by atoms with Gasteiger partial charge in [0, 0.05) is 25.0 Å². The first-order chi connectivity index (χ1) is 7.78. The Morgan fingerprint density at radius 1 is 1.24 bits per heavy atom. The monoisotopic (exact) mass is 278 g/mol. The van der Waals surface area contributed by atoms with Crippen LogP contribution in [0.3, 0.4) is 0 Å². The highest BCUT2D eigenvalue weighted by molar-refractivity contribution is 8.13. The van der Waals surface area contributed by atoms with E-state index in [-0.39, 0.29) is 17.3 Å². The molecule has 1 atom stereocenters. The van der Waals surface area contributed by atoms with Crippen LogP contribution in [0.4, 0.5) is 22.0 Å². The van der Waals surface area contributed by atoms with Gasteiger partial charge in [0.2, 0.25) is 5.92 Å². The van der Waals surface area contributed by atoms with Crippen molar-refractivity contribution in [1.29, 1.82) is 0 Å². The van der Waals surface area contributed by atoms with Gasteiger partial charge >= 0.3 is 0 Å². The minimum Gasteiger partial charge on any atom is -0.287 e. The van der Waals surface area contributed by atoms with E-state index in [9.17, 15) is 26.7 Å². The van der Waals surface area contributed by atoms with Gasteiger partial charge in [0.05, 0.1) is 0 Å². The summed E-state index contributed by atoms with van der Waals surface area (Å²) in [5, 5.41) is -0.197. The van der Waals surface area contributed by atoms with Gasteiger partial charge in [-0.3, -0.25) is 4.79 Å². The van der Waals surface area contributed by atoms with Crippen LogP contribution in [0.5, 0.6) is 0 Å². The molecule has 0 fully saturated rings. The lowest BCUT2D eigenvalue weighted by molar-refractivity contribution is -0.110. The summed E-state index contributed by atoms with van der Waals surface area (Å²) in [6.07, 6.45) is -7.85. The summed E-state index contributed by atoms with van der Waals surface area (Å²) in [6, 6.07) is 0. The summed E-state index contributed by atoms with van der Waals surface area (Å²) in [5.74, 6) is -3.27. The van der Waals surface area contributed by atoms with Gasteiger partial charge < -0.3 is 0 Å². The Morgan fingerprint density at radius 3 is 2.29 bits per heavy atom. The summed E-state index contributed by atoms with van der Waals surface area (Å²) in [5.41, 5.74) is 0. The molecule has 0 bridgehead atoms. The molecule has 0 aromatic heterocycles. The van der Waals surface area contributed by atoms with Crippen molar-refractivity contribution < 1.29 is 26.7 Å². The van der Waals surface area contributed by atoms with E-state index in [4.69, 9.17) is 0 Å². The van der Waals surface area contributed by atoms with E-state index < -0.39 is 37.8 Å². The highest BCUT2D eigenvalue weighted by Gasteiger charge is 2.31. The second-order valence-electron chi connectivity index (χ2n) is 3.57. The molecule has 0 rings (SSSR count). The first kappa shape index (κ1) is 16.7. The van der Waals surface area contributed by atoms with Crippen LogP contribution in [-0.4, -0.2) is 29.4 Å². The van der Waals surface area contributed by atoms with Crippen LogP contribution in [0.15, 0.2) is 0 Å². The van der Waals surface area contributed by atoms with E-state index in [0.717, 1.165) is 11.8 Å². The SMILES string of the molecule is CCC(=O)SCCC(F)(F)CCC(F)C(F)F. The van der Waals surface area contributed by atoms with Gasteiger partial charge in [0.1, 0.15) is 0 Å². The van der Waals surface area contributed by atoms with Gasteiger partial charge in [0.15, 0.2) is 11.3 Å². The molecule has 0 saturated heterocycles. The van der Waals surface area contributed by atoms with Crippen molar-refractivity contribution in [2.24, 2.45) is 0 Å². The molecule has 7 heteroatoms. The number of hydrogen-bond acceptors (Lipinski definition) is 2. The van der Waals surface area contributed by atoms with Crippen LogP contribution in [0.25, 0.3) is 0 Å². The smallest absolute Gasteiger partial charge is 0.269 e. The lowest BCUT2D eigenvalue weighted by Gasteiger charge is -2.16. The maximum Gasteiger partial charge on any atom is 0.269 e. The molecule has 0 amide bonds. The third-order valence-electron chi connectivity index (χ3n) is 2.08. The van der Waals surface area contributed by atoms with Crippen LogP contribution >= 0.6 is 11.8 Å². The fourth-order valence-corrected chi connectivity index (χ4v) is 1.85. The minimum atomic E-state index is -3.22. The van der Waals surface area contributed by atoms with E-state index in [2.05, 4.69) is 0 Å². The van der Waals surface area contributed by atoms with Crippen molar-refractivity contribution >= 4 is 16.9 Å². The van der Waals surface area contributed by atoms with Crippen molar-refractivity contribution in [3.05, 3.63) is 0 Å². The zero-order chi connectivity index (χ0) is 13.5. The molecular weight excluding hydrogens is 263 g/mol. The number of rotatable bonds is 8. The van der Waals surface area contributed by atoms with Crippen LogP contribution in [0.2, 0.25) is 0 Å². The normalized spacial score (nSPS) is 14.1. The molecule has 0 aliphatic rings. The lowest BCUT2D eigenvalue weighted by atomic mass is 10.1. The summed E-state index contributed by atoms with van der Waals surface area (Å²) < 4.78 is 62.0. The van der Waals surface area contributed by atoms with Crippen molar-refractivity contribution in [3.8, 4) is 0 Å². The minimum absolute atomic E-state index is 0.0781. The van der Waals surface area contributed by atoms with Crippen molar-refractivity contribution in [1.82, 2.24) is 0 Å². The Kier molecular flexibility index (Phi) is 7.74. The number of thioether (sulfide) groups is 1. The Balaban J connectivity index is 3.83. The van der Waals surface area contributed by atoms with E-state index in [1.54, 1.807) is 6.92 Å². The van der Waals surface area contributed by atoms with Gasteiger partial charge in [0.25, 0.3) is 6.43 Å². The lowest BCUT2D eigenvalue weighted by Crippen LogP contribution is -2.22. The molecular formula is C10H15F5OS. The quantitative estimate of drug-likeness (QED) is 0.623.